The van der Waals surface area contributed by atoms with E-state index in [1.54, 1.807) is 18.2 Å². The molecule has 1 unspecified atom stereocenters. The summed E-state index contributed by atoms with van der Waals surface area (Å²) in [5.41, 5.74) is 8.71. The minimum Gasteiger partial charge on any atom is -0.292 e. The first kappa shape index (κ1) is 14.2. The monoisotopic (exact) mass is 268 g/mol. The summed E-state index contributed by atoms with van der Waals surface area (Å²) in [4.78, 5) is 14.6. The summed E-state index contributed by atoms with van der Waals surface area (Å²) in [6.07, 6.45) is -0.474. The van der Waals surface area contributed by atoms with Crippen molar-refractivity contribution in [3.63, 3.8) is 0 Å². The molecule has 96 valence electrons. The minimum absolute atomic E-state index is 0.283. The zero-order valence-corrected chi connectivity index (χ0v) is 10.7. The number of rotatable bonds is 5. The molecule has 7 nitrogen and oxygen atoms in total. The van der Waals surface area contributed by atoms with Crippen LogP contribution in [0.3, 0.4) is 0 Å². The van der Waals surface area contributed by atoms with Crippen LogP contribution in [0.2, 0.25) is 0 Å². The fraction of sp³-hybridized carbons (Fsp3) is 0.300. The topological polar surface area (TPSA) is 103 Å². The molecule has 0 aromatic heterocycles. The molecule has 0 aliphatic heterocycles. The Morgan fingerprint density at radius 3 is 2.39 bits per heavy atom. The Labute approximate surface area is 105 Å². The van der Waals surface area contributed by atoms with E-state index < -0.39 is 22.0 Å². The highest BCUT2D eigenvalue weighted by Gasteiger charge is 2.28. The van der Waals surface area contributed by atoms with Crippen molar-refractivity contribution in [2.75, 3.05) is 13.3 Å². The normalized spacial score (nSPS) is 12.8. The fourth-order valence-electron chi connectivity index (χ4n) is 1.27. The van der Waals surface area contributed by atoms with Gasteiger partial charge in [0.05, 0.1) is 6.26 Å². The number of ketones is 1. The van der Waals surface area contributed by atoms with Gasteiger partial charge in [-0.25, -0.2) is 8.42 Å². The smallest absolute Gasteiger partial charge is 0.211 e. The van der Waals surface area contributed by atoms with E-state index in [4.69, 9.17) is 5.53 Å². The second-order valence-electron chi connectivity index (χ2n) is 3.59. The third-order valence-electron chi connectivity index (χ3n) is 2.32. The van der Waals surface area contributed by atoms with Crippen molar-refractivity contribution < 1.29 is 13.2 Å². The van der Waals surface area contributed by atoms with E-state index >= 15 is 0 Å². The molecule has 18 heavy (non-hydrogen) atoms. The average Bonchev–Trinajstić information content (AvgIpc) is 2.34. The molecule has 1 atom stereocenters. The van der Waals surface area contributed by atoms with E-state index in [0.29, 0.717) is 0 Å². The highest BCUT2D eigenvalue weighted by atomic mass is 32.2. The molecule has 0 aliphatic rings. The van der Waals surface area contributed by atoms with E-state index in [0.717, 1.165) is 10.6 Å². The number of carbonyl (C=O) groups excluding carboxylic acids is 1. The molecule has 1 aromatic carbocycles. The second-order valence-corrected chi connectivity index (χ2v) is 5.63. The van der Waals surface area contributed by atoms with Gasteiger partial charge in [0.25, 0.3) is 0 Å². The molecule has 0 aliphatic carbocycles. The van der Waals surface area contributed by atoms with E-state index in [1.807, 2.05) is 0 Å². The number of azide groups is 1. The van der Waals surface area contributed by atoms with Crippen LogP contribution in [0.25, 0.3) is 10.4 Å². The van der Waals surface area contributed by atoms with Gasteiger partial charge in [-0.15, -0.1) is 0 Å². The van der Waals surface area contributed by atoms with E-state index in [1.165, 1.54) is 19.2 Å². The van der Waals surface area contributed by atoms with Gasteiger partial charge in [0.15, 0.2) is 11.9 Å². The SMILES string of the molecule is CN(C(N=[N+]=[N-])C(=O)c1ccccc1)S(C)(=O)=O. The van der Waals surface area contributed by atoms with Gasteiger partial charge >= 0.3 is 0 Å². The second kappa shape index (κ2) is 5.63. The summed E-state index contributed by atoms with van der Waals surface area (Å²) < 4.78 is 23.5. The van der Waals surface area contributed by atoms with Gasteiger partial charge < -0.3 is 0 Å². The maximum absolute atomic E-state index is 12.1. The Hall–Kier alpha value is -1.89. The van der Waals surface area contributed by atoms with Crippen molar-refractivity contribution in [1.82, 2.24) is 4.31 Å². The maximum atomic E-state index is 12.1. The minimum atomic E-state index is -3.63. The number of carbonyl (C=O) groups is 1. The van der Waals surface area contributed by atoms with Crippen LogP contribution in [0.4, 0.5) is 0 Å². The van der Waals surface area contributed by atoms with Crippen molar-refractivity contribution in [3.05, 3.63) is 46.3 Å². The highest BCUT2D eigenvalue weighted by molar-refractivity contribution is 7.88. The number of Topliss-reactive ketones (excluding diaryl/α,β-unsaturated/α-hetero) is 1. The van der Waals surface area contributed by atoms with Crippen LogP contribution in [0.1, 0.15) is 10.4 Å². The van der Waals surface area contributed by atoms with Crippen molar-refractivity contribution in [2.24, 2.45) is 5.11 Å². The van der Waals surface area contributed by atoms with Crippen LogP contribution in [0.5, 0.6) is 0 Å². The summed E-state index contributed by atoms with van der Waals surface area (Å²) in [6, 6.07) is 8.05. The molecular formula is C10H12N4O3S. The number of sulfonamides is 1. The molecule has 0 N–H and O–H groups in total. The Balaban J connectivity index is 3.15. The van der Waals surface area contributed by atoms with E-state index in [-0.39, 0.29) is 5.56 Å². The molecule has 0 saturated heterocycles. The van der Waals surface area contributed by atoms with Crippen molar-refractivity contribution >= 4 is 15.8 Å². The standard InChI is InChI=1S/C10H12N4O3S/c1-14(18(2,16)17)10(12-13-11)9(15)8-6-4-3-5-7-8/h3-7,10H,1-2H3. The lowest BCUT2D eigenvalue weighted by atomic mass is 10.1. The van der Waals surface area contributed by atoms with Crippen molar-refractivity contribution in [2.45, 2.75) is 6.17 Å². The quantitative estimate of drug-likeness (QED) is 0.349. The molecule has 1 rings (SSSR count). The lowest BCUT2D eigenvalue weighted by molar-refractivity contribution is 0.0912. The first-order valence-corrected chi connectivity index (χ1v) is 6.79. The molecule has 0 fully saturated rings. The third-order valence-corrected chi connectivity index (χ3v) is 3.57. The van der Waals surface area contributed by atoms with Crippen molar-refractivity contribution in [1.29, 1.82) is 0 Å². The van der Waals surface area contributed by atoms with Crippen LogP contribution in [-0.2, 0) is 10.0 Å². The predicted molar refractivity (Wildman–Crippen MR) is 66.3 cm³/mol. The van der Waals surface area contributed by atoms with Crippen LogP contribution >= 0.6 is 0 Å². The summed E-state index contributed by atoms with van der Waals surface area (Å²) >= 11 is 0. The first-order valence-electron chi connectivity index (χ1n) is 4.94. The molecule has 0 radical (unpaired) electrons. The summed E-state index contributed by atoms with van der Waals surface area (Å²) in [7, 11) is -2.44. The van der Waals surface area contributed by atoms with E-state index in [2.05, 4.69) is 10.0 Å². The molecule has 8 heteroatoms. The van der Waals surface area contributed by atoms with Crippen LogP contribution in [0.15, 0.2) is 35.4 Å². The van der Waals surface area contributed by atoms with Gasteiger partial charge in [-0.2, -0.15) is 4.31 Å². The third kappa shape index (κ3) is 3.30. The van der Waals surface area contributed by atoms with Gasteiger partial charge in [0, 0.05) is 17.5 Å². The number of hydrogen-bond acceptors (Lipinski definition) is 4. The molecule has 1 aromatic rings. The highest BCUT2D eigenvalue weighted by Crippen LogP contribution is 2.12. The maximum Gasteiger partial charge on any atom is 0.211 e. The van der Waals surface area contributed by atoms with E-state index in [9.17, 15) is 13.2 Å². The van der Waals surface area contributed by atoms with Crippen molar-refractivity contribution in [3.8, 4) is 0 Å². The van der Waals surface area contributed by atoms with Gasteiger partial charge in [-0.1, -0.05) is 35.4 Å². The summed E-state index contributed by atoms with van der Waals surface area (Å²) in [5, 5.41) is 3.24. The fourth-order valence-corrected chi connectivity index (χ4v) is 1.77. The molecular weight excluding hydrogens is 256 g/mol. The lowest BCUT2D eigenvalue weighted by Gasteiger charge is -2.20. The predicted octanol–water partition coefficient (Wildman–Crippen LogP) is 1.40. The zero-order chi connectivity index (χ0) is 13.8. The largest absolute Gasteiger partial charge is 0.292 e. The Kier molecular flexibility index (Phi) is 4.43. The number of nitrogens with zero attached hydrogens (tertiary/aromatic N) is 4. The molecule has 0 saturated carbocycles. The number of benzene rings is 1. The Bertz CT molecular complexity index is 578. The summed E-state index contributed by atoms with van der Waals surface area (Å²) in [6.45, 7) is 0. The van der Waals surface area contributed by atoms with Gasteiger partial charge in [0.2, 0.25) is 10.0 Å². The Morgan fingerprint density at radius 1 is 1.39 bits per heavy atom. The first-order chi connectivity index (χ1) is 8.38. The van der Waals surface area contributed by atoms with Gasteiger partial charge in [-0.05, 0) is 5.53 Å². The van der Waals surface area contributed by atoms with Gasteiger partial charge in [0.1, 0.15) is 0 Å². The van der Waals surface area contributed by atoms with Crippen LogP contribution < -0.4 is 0 Å². The zero-order valence-electron chi connectivity index (χ0n) is 9.89. The van der Waals surface area contributed by atoms with Gasteiger partial charge in [-0.3, -0.25) is 4.79 Å². The lowest BCUT2D eigenvalue weighted by Crippen LogP contribution is -2.40. The number of likely N-dealkylation sites (N-methyl/N-ethyl adjacent to an activating group) is 1. The molecule has 0 heterocycles. The number of hydrogen-bond donors (Lipinski definition) is 0. The Morgan fingerprint density at radius 2 is 1.94 bits per heavy atom. The molecule has 0 amide bonds. The molecule has 0 spiro atoms. The van der Waals surface area contributed by atoms with Crippen LogP contribution in [0, 0.1) is 0 Å². The van der Waals surface area contributed by atoms with Crippen LogP contribution in [-0.4, -0.2) is 38.0 Å². The average molecular weight is 268 g/mol. The summed E-state index contributed by atoms with van der Waals surface area (Å²) in [5.74, 6) is -0.568. The molecule has 0 bridgehead atoms.